The van der Waals surface area contributed by atoms with E-state index >= 15 is 0 Å². The molecule has 1 aliphatic rings. The van der Waals surface area contributed by atoms with Gasteiger partial charge < -0.3 is 10.6 Å². The molecule has 1 saturated heterocycles. The maximum Gasteiger partial charge on any atom is 0.225 e. The van der Waals surface area contributed by atoms with Gasteiger partial charge in [-0.3, -0.25) is 9.69 Å². The van der Waals surface area contributed by atoms with Crippen molar-refractivity contribution in [1.82, 2.24) is 10.2 Å². The topological polar surface area (TPSA) is 44.4 Å². The van der Waals surface area contributed by atoms with E-state index in [9.17, 15) is 9.18 Å². The number of rotatable bonds is 5. The Labute approximate surface area is 162 Å². The smallest absolute Gasteiger partial charge is 0.225 e. The van der Waals surface area contributed by atoms with Crippen molar-refractivity contribution in [3.05, 3.63) is 63.9 Å². The molecule has 2 aromatic rings. The summed E-state index contributed by atoms with van der Waals surface area (Å²) in [5.74, 6) is -0.407. The highest BCUT2D eigenvalue weighted by atomic mass is 35.5. The van der Waals surface area contributed by atoms with Gasteiger partial charge in [-0.1, -0.05) is 41.4 Å². The van der Waals surface area contributed by atoms with E-state index in [0.29, 0.717) is 28.7 Å². The van der Waals surface area contributed by atoms with E-state index in [1.807, 2.05) is 6.07 Å². The van der Waals surface area contributed by atoms with Gasteiger partial charge in [0.05, 0.1) is 15.7 Å². The fraction of sp³-hybridized carbons (Fsp3) is 0.316. The molecule has 138 valence electrons. The molecule has 2 N–H and O–H groups in total. The number of para-hydroxylation sites is 1. The number of nitrogens with zero attached hydrogens (tertiary/aromatic N) is 1. The second-order valence-corrected chi connectivity index (χ2v) is 7.02. The van der Waals surface area contributed by atoms with Crippen molar-refractivity contribution in [3.8, 4) is 0 Å². The first-order valence-electron chi connectivity index (χ1n) is 8.48. The minimum atomic E-state index is -0.251. The van der Waals surface area contributed by atoms with Crippen LogP contribution < -0.4 is 10.6 Å². The van der Waals surface area contributed by atoms with Crippen LogP contribution >= 0.6 is 23.2 Å². The van der Waals surface area contributed by atoms with E-state index < -0.39 is 0 Å². The van der Waals surface area contributed by atoms with Crippen LogP contribution in [-0.2, 0) is 4.79 Å². The Kier molecular flexibility index (Phi) is 6.48. The van der Waals surface area contributed by atoms with Gasteiger partial charge in [0.2, 0.25) is 5.91 Å². The van der Waals surface area contributed by atoms with Crippen molar-refractivity contribution in [2.24, 2.45) is 0 Å². The molecule has 1 atom stereocenters. The van der Waals surface area contributed by atoms with Gasteiger partial charge in [-0.15, -0.1) is 0 Å². The molecule has 3 rings (SSSR count). The van der Waals surface area contributed by atoms with Crippen molar-refractivity contribution in [2.75, 3.05) is 31.5 Å². The standard InChI is InChI=1S/C19H20Cl2FN3O/c20-15-5-2-6-16(21)19(15)24-18(26)7-9-25-10-8-23-12-17(25)13-3-1-4-14(22)11-13/h1-6,11,17,23H,7-10,12H2,(H,24,26). The van der Waals surface area contributed by atoms with Crippen LogP contribution in [0.1, 0.15) is 18.0 Å². The van der Waals surface area contributed by atoms with Crippen LogP contribution in [0, 0.1) is 5.82 Å². The lowest BCUT2D eigenvalue weighted by Crippen LogP contribution is -2.46. The zero-order valence-electron chi connectivity index (χ0n) is 14.1. The van der Waals surface area contributed by atoms with Crippen LogP contribution in [0.5, 0.6) is 0 Å². The summed E-state index contributed by atoms with van der Waals surface area (Å²) in [7, 11) is 0. The Balaban J connectivity index is 1.62. The molecule has 0 spiro atoms. The number of carbonyl (C=O) groups is 1. The first-order valence-corrected chi connectivity index (χ1v) is 9.24. The van der Waals surface area contributed by atoms with Crippen LogP contribution in [0.3, 0.4) is 0 Å². The Morgan fingerprint density at radius 2 is 1.96 bits per heavy atom. The van der Waals surface area contributed by atoms with E-state index in [4.69, 9.17) is 23.2 Å². The summed E-state index contributed by atoms with van der Waals surface area (Å²) in [4.78, 5) is 14.5. The lowest BCUT2D eigenvalue weighted by atomic mass is 10.0. The van der Waals surface area contributed by atoms with Gasteiger partial charge in [-0.2, -0.15) is 0 Å². The van der Waals surface area contributed by atoms with E-state index in [1.165, 1.54) is 6.07 Å². The average Bonchev–Trinajstić information content (AvgIpc) is 2.63. The Hall–Kier alpha value is -1.66. The van der Waals surface area contributed by atoms with Crippen molar-refractivity contribution < 1.29 is 9.18 Å². The fourth-order valence-corrected chi connectivity index (χ4v) is 3.61. The van der Waals surface area contributed by atoms with Gasteiger partial charge in [0.25, 0.3) is 0 Å². The van der Waals surface area contributed by atoms with Crippen LogP contribution in [0.2, 0.25) is 10.0 Å². The largest absolute Gasteiger partial charge is 0.324 e. The lowest BCUT2D eigenvalue weighted by molar-refractivity contribution is -0.116. The highest BCUT2D eigenvalue weighted by Gasteiger charge is 2.24. The van der Waals surface area contributed by atoms with Gasteiger partial charge in [0.1, 0.15) is 5.82 Å². The van der Waals surface area contributed by atoms with Crippen molar-refractivity contribution in [1.29, 1.82) is 0 Å². The fourth-order valence-electron chi connectivity index (χ4n) is 3.12. The monoisotopic (exact) mass is 395 g/mol. The van der Waals surface area contributed by atoms with E-state index in [1.54, 1.807) is 30.3 Å². The van der Waals surface area contributed by atoms with Crippen molar-refractivity contribution in [3.63, 3.8) is 0 Å². The summed E-state index contributed by atoms with van der Waals surface area (Å²) in [5.41, 5.74) is 1.34. The molecule has 1 fully saturated rings. The third kappa shape index (κ3) is 4.74. The van der Waals surface area contributed by atoms with Crippen LogP contribution in [0.4, 0.5) is 10.1 Å². The molecule has 1 aliphatic heterocycles. The third-order valence-corrected chi connectivity index (χ3v) is 5.07. The summed E-state index contributed by atoms with van der Waals surface area (Å²) >= 11 is 12.2. The molecule has 0 radical (unpaired) electrons. The molecule has 0 saturated carbocycles. The molecule has 26 heavy (non-hydrogen) atoms. The van der Waals surface area contributed by atoms with E-state index in [0.717, 1.165) is 25.2 Å². The van der Waals surface area contributed by atoms with Crippen LogP contribution in [0.25, 0.3) is 0 Å². The zero-order valence-corrected chi connectivity index (χ0v) is 15.7. The quantitative estimate of drug-likeness (QED) is 0.800. The first-order chi connectivity index (χ1) is 12.5. The first kappa shape index (κ1) is 19.1. The number of piperazine rings is 1. The number of halogens is 3. The van der Waals surface area contributed by atoms with Gasteiger partial charge in [0.15, 0.2) is 0 Å². The Bertz CT molecular complexity index is 767. The summed E-state index contributed by atoms with van der Waals surface area (Å²) in [6.07, 6.45) is 0.299. The van der Waals surface area contributed by atoms with Gasteiger partial charge in [-0.25, -0.2) is 4.39 Å². The number of nitrogens with one attached hydrogen (secondary N) is 2. The molecule has 4 nitrogen and oxygen atoms in total. The molecule has 0 bridgehead atoms. The summed E-state index contributed by atoms with van der Waals surface area (Å²) in [6, 6.07) is 11.7. The number of hydrogen-bond acceptors (Lipinski definition) is 3. The molecule has 1 heterocycles. The lowest BCUT2D eigenvalue weighted by Gasteiger charge is -2.36. The molecular weight excluding hydrogens is 376 g/mol. The van der Waals surface area contributed by atoms with E-state index in [2.05, 4.69) is 15.5 Å². The SMILES string of the molecule is O=C(CCN1CCNCC1c1cccc(F)c1)Nc1c(Cl)cccc1Cl. The molecule has 2 aromatic carbocycles. The number of benzene rings is 2. The number of amides is 1. The van der Waals surface area contributed by atoms with Gasteiger partial charge in [0, 0.05) is 38.6 Å². The minimum Gasteiger partial charge on any atom is -0.324 e. The average molecular weight is 396 g/mol. The Morgan fingerprint density at radius 1 is 1.23 bits per heavy atom. The highest BCUT2D eigenvalue weighted by molar-refractivity contribution is 6.39. The molecule has 1 amide bonds. The zero-order chi connectivity index (χ0) is 18.5. The summed E-state index contributed by atoms with van der Waals surface area (Å²) < 4.78 is 13.6. The van der Waals surface area contributed by atoms with Crippen LogP contribution in [-0.4, -0.2) is 37.0 Å². The maximum atomic E-state index is 13.6. The van der Waals surface area contributed by atoms with Gasteiger partial charge in [-0.05, 0) is 29.8 Å². The van der Waals surface area contributed by atoms with Crippen molar-refractivity contribution in [2.45, 2.75) is 12.5 Å². The summed E-state index contributed by atoms with van der Waals surface area (Å²) in [6.45, 7) is 2.92. The number of hydrogen-bond donors (Lipinski definition) is 2. The second-order valence-electron chi connectivity index (χ2n) is 6.21. The Morgan fingerprint density at radius 3 is 2.69 bits per heavy atom. The predicted molar refractivity (Wildman–Crippen MR) is 103 cm³/mol. The molecule has 0 aromatic heterocycles. The second kappa shape index (κ2) is 8.82. The normalized spacial score (nSPS) is 17.9. The third-order valence-electron chi connectivity index (χ3n) is 4.44. The summed E-state index contributed by atoms with van der Waals surface area (Å²) in [5, 5.41) is 6.92. The molecule has 7 heteroatoms. The van der Waals surface area contributed by atoms with Crippen molar-refractivity contribution >= 4 is 34.8 Å². The number of carbonyl (C=O) groups excluding carboxylic acids is 1. The highest BCUT2D eigenvalue weighted by Crippen LogP contribution is 2.30. The maximum absolute atomic E-state index is 13.6. The minimum absolute atomic E-state index is 0.0381. The number of anilines is 1. The predicted octanol–water partition coefficient (Wildman–Crippen LogP) is 4.11. The molecular formula is C19H20Cl2FN3O. The van der Waals surface area contributed by atoms with Crippen LogP contribution in [0.15, 0.2) is 42.5 Å². The van der Waals surface area contributed by atoms with E-state index in [-0.39, 0.29) is 17.8 Å². The molecule has 1 unspecified atom stereocenters. The molecule has 0 aliphatic carbocycles. The van der Waals surface area contributed by atoms with Gasteiger partial charge >= 0.3 is 0 Å².